The minimum absolute atomic E-state index is 0.201. The maximum absolute atomic E-state index is 12.3. The summed E-state index contributed by atoms with van der Waals surface area (Å²) in [4.78, 5) is 14.1. The largest absolute Gasteiger partial charge is 0.497 e. The topological polar surface area (TPSA) is 38.8 Å². The van der Waals surface area contributed by atoms with Crippen LogP contribution in [0.5, 0.6) is 5.75 Å². The highest BCUT2D eigenvalue weighted by Gasteiger charge is 2.32. The van der Waals surface area contributed by atoms with Crippen LogP contribution in [0.2, 0.25) is 0 Å². The van der Waals surface area contributed by atoms with Gasteiger partial charge < -0.3 is 14.4 Å². The number of hydrogen-bond donors (Lipinski definition) is 0. The van der Waals surface area contributed by atoms with E-state index >= 15 is 0 Å². The Labute approximate surface area is 127 Å². The number of carbonyl (C=O) groups is 1. The van der Waals surface area contributed by atoms with Crippen LogP contribution in [0, 0.1) is 0 Å². The number of benzene rings is 1. The monoisotopic (exact) mass is 291 g/mol. The molecule has 116 valence electrons. The molecule has 21 heavy (non-hydrogen) atoms. The first-order valence-corrected chi connectivity index (χ1v) is 7.51. The van der Waals surface area contributed by atoms with Crippen LogP contribution in [0.25, 0.3) is 0 Å². The third-order valence-electron chi connectivity index (χ3n) is 3.61. The van der Waals surface area contributed by atoms with Gasteiger partial charge in [0.25, 0.3) is 0 Å². The third kappa shape index (κ3) is 4.38. The van der Waals surface area contributed by atoms with Gasteiger partial charge in [0.15, 0.2) is 0 Å². The molecule has 0 spiro atoms. The Hall–Kier alpha value is -1.71. The molecule has 4 heteroatoms. The fourth-order valence-corrected chi connectivity index (χ4v) is 2.68. The van der Waals surface area contributed by atoms with Crippen molar-refractivity contribution in [1.29, 1.82) is 0 Å². The Morgan fingerprint density at radius 1 is 1.38 bits per heavy atom. The minimum atomic E-state index is -0.444. The highest BCUT2D eigenvalue weighted by molar-refractivity contribution is 5.69. The SMILES string of the molecule is COc1cccc(C[C@@H]2CCCN2C(=O)OC(C)(C)C)c1. The summed E-state index contributed by atoms with van der Waals surface area (Å²) in [5, 5.41) is 0. The summed E-state index contributed by atoms with van der Waals surface area (Å²) in [7, 11) is 1.67. The second-order valence-electron chi connectivity index (χ2n) is 6.53. The van der Waals surface area contributed by atoms with E-state index in [0.29, 0.717) is 0 Å². The summed E-state index contributed by atoms with van der Waals surface area (Å²) in [6.45, 7) is 6.48. The molecule has 1 amide bonds. The molecule has 0 bridgehead atoms. The van der Waals surface area contributed by atoms with Gasteiger partial charge in [0.05, 0.1) is 7.11 Å². The van der Waals surface area contributed by atoms with Crippen molar-refractivity contribution in [2.75, 3.05) is 13.7 Å². The molecule has 1 aliphatic rings. The molecular weight excluding hydrogens is 266 g/mol. The van der Waals surface area contributed by atoms with Crippen LogP contribution in [0.15, 0.2) is 24.3 Å². The van der Waals surface area contributed by atoms with Gasteiger partial charge in [0.1, 0.15) is 11.4 Å². The van der Waals surface area contributed by atoms with E-state index in [0.717, 1.165) is 31.6 Å². The van der Waals surface area contributed by atoms with Gasteiger partial charge in [0.2, 0.25) is 0 Å². The van der Waals surface area contributed by atoms with Gasteiger partial charge in [-0.25, -0.2) is 4.79 Å². The molecule has 0 aromatic heterocycles. The van der Waals surface area contributed by atoms with Gasteiger partial charge in [-0.1, -0.05) is 12.1 Å². The molecule has 1 aliphatic heterocycles. The van der Waals surface area contributed by atoms with E-state index in [1.165, 1.54) is 5.56 Å². The van der Waals surface area contributed by atoms with E-state index < -0.39 is 5.60 Å². The Bertz CT molecular complexity index is 493. The van der Waals surface area contributed by atoms with E-state index in [1.807, 2.05) is 43.9 Å². The summed E-state index contributed by atoms with van der Waals surface area (Å²) < 4.78 is 10.8. The molecular formula is C17H25NO3. The van der Waals surface area contributed by atoms with Gasteiger partial charge in [-0.05, 0) is 57.7 Å². The van der Waals surface area contributed by atoms with Crippen molar-refractivity contribution in [1.82, 2.24) is 4.90 Å². The van der Waals surface area contributed by atoms with Gasteiger partial charge >= 0.3 is 6.09 Å². The molecule has 0 saturated carbocycles. The predicted molar refractivity (Wildman–Crippen MR) is 82.7 cm³/mol. The van der Waals surface area contributed by atoms with Crippen LogP contribution in [0.4, 0.5) is 4.79 Å². The number of methoxy groups -OCH3 is 1. The van der Waals surface area contributed by atoms with Crippen LogP contribution in [0.3, 0.4) is 0 Å². The van der Waals surface area contributed by atoms with Crippen molar-refractivity contribution in [2.45, 2.75) is 51.7 Å². The second kappa shape index (κ2) is 6.37. The Balaban J connectivity index is 2.03. The maximum Gasteiger partial charge on any atom is 0.410 e. The Kier molecular flexibility index (Phi) is 4.76. The molecule has 2 rings (SSSR count). The zero-order valence-electron chi connectivity index (χ0n) is 13.4. The lowest BCUT2D eigenvalue weighted by molar-refractivity contribution is 0.0227. The van der Waals surface area contributed by atoms with Gasteiger partial charge in [-0.15, -0.1) is 0 Å². The first-order chi connectivity index (χ1) is 9.89. The van der Waals surface area contributed by atoms with Gasteiger partial charge in [-0.3, -0.25) is 0 Å². The highest BCUT2D eigenvalue weighted by Crippen LogP contribution is 2.25. The average molecular weight is 291 g/mol. The molecule has 1 fully saturated rings. The number of nitrogens with zero attached hydrogens (tertiary/aromatic N) is 1. The number of hydrogen-bond acceptors (Lipinski definition) is 3. The fourth-order valence-electron chi connectivity index (χ4n) is 2.68. The molecule has 1 heterocycles. The second-order valence-corrected chi connectivity index (χ2v) is 6.53. The number of ether oxygens (including phenoxy) is 2. The van der Waals surface area contributed by atoms with Crippen molar-refractivity contribution in [3.8, 4) is 5.75 Å². The summed E-state index contributed by atoms with van der Waals surface area (Å²) >= 11 is 0. The lowest BCUT2D eigenvalue weighted by Gasteiger charge is -2.28. The summed E-state index contributed by atoms with van der Waals surface area (Å²) in [5.41, 5.74) is 0.745. The molecule has 0 aliphatic carbocycles. The summed E-state index contributed by atoms with van der Waals surface area (Å²) in [5.74, 6) is 0.856. The number of rotatable bonds is 3. The number of likely N-dealkylation sites (tertiary alicyclic amines) is 1. The molecule has 4 nitrogen and oxygen atoms in total. The van der Waals surface area contributed by atoms with Gasteiger partial charge in [-0.2, -0.15) is 0 Å². The normalized spacial score (nSPS) is 18.7. The number of carbonyl (C=O) groups excluding carboxylic acids is 1. The van der Waals surface area contributed by atoms with Crippen LogP contribution >= 0.6 is 0 Å². The quantitative estimate of drug-likeness (QED) is 0.853. The first-order valence-electron chi connectivity index (χ1n) is 7.51. The van der Waals surface area contributed by atoms with E-state index in [-0.39, 0.29) is 12.1 Å². The zero-order valence-corrected chi connectivity index (χ0v) is 13.4. The molecule has 1 aromatic rings. The van der Waals surface area contributed by atoms with Crippen molar-refractivity contribution in [2.24, 2.45) is 0 Å². The van der Waals surface area contributed by atoms with Crippen molar-refractivity contribution in [3.05, 3.63) is 29.8 Å². The average Bonchev–Trinajstić information content (AvgIpc) is 2.85. The first kappa shape index (κ1) is 15.7. The molecule has 1 saturated heterocycles. The summed E-state index contributed by atoms with van der Waals surface area (Å²) in [6.07, 6.45) is 2.70. The maximum atomic E-state index is 12.3. The third-order valence-corrected chi connectivity index (χ3v) is 3.61. The predicted octanol–water partition coefficient (Wildman–Crippen LogP) is 3.64. The molecule has 0 unspecified atom stereocenters. The summed E-state index contributed by atoms with van der Waals surface area (Å²) in [6, 6.07) is 8.25. The molecule has 0 N–H and O–H groups in total. The standard InChI is InChI=1S/C17H25NO3/c1-17(2,3)21-16(19)18-10-6-8-14(18)11-13-7-5-9-15(12-13)20-4/h5,7,9,12,14H,6,8,10-11H2,1-4H3/t14-/m0/s1. The highest BCUT2D eigenvalue weighted by atomic mass is 16.6. The van der Waals surface area contributed by atoms with E-state index in [9.17, 15) is 4.79 Å². The number of amides is 1. The van der Waals surface area contributed by atoms with Crippen molar-refractivity contribution < 1.29 is 14.3 Å². The zero-order chi connectivity index (χ0) is 15.5. The molecule has 1 atom stereocenters. The van der Waals surface area contributed by atoms with Gasteiger partial charge in [0, 0.05) is 12.6 Å². The Morgan fingerprint density at radius 3 is 2.81 bits per heavy atom. The molecule has 0 radical (unpaired) electrons. The van der Waals surface area contributed by atoms with Crippen LogP contribution in [0.1, 0.15) is 39.2 Å². The van der Waals surface area contributed by atoms with E-state index in [2.05, 4.69) is 6.07 Å². The lowest BCUT2D eigenvalue weighted by atomic mass is 10.0. The Morgan fingerprint density at radius 2 is 2.14 bits per heavy atom. The fraction of sp³-hybridized carbons (Fsp3) is 0.588. The van der Waals surface area contributed by atoms with Crippen LogP contribution in [-0.2, 0) is 11.2 Å². The lowest BCUT2D eigenvalue weighted by Crippen LogP contribution is -2.40. The van der Waals surface area contributed by atoms with Crippen LogP contribution in [-0.4, -0.2) is 36.3 Å². The van der Waals surface area contributed by atoms with Crippen molar-refractivity contribution in [3.63, 3.8) is 0 Å². The van der Waals surface area contributed by atoms with Crippen LogP contribution < -0.4 is 4.74 Å². The van der Waals surface area contributed by atoms with E-state index in [4.69, 9.17) is 9.47 Å². The minimum Gasteiger partial charge on any atom is -0.497 e. The molecule has 1 aromatic carbocycles. The van der Waals surface area contributed by atoms with E-state index in [1.54, 1.807) is 7.11 Å². The smallest absolute Gasteiger partial charge is 0.410 e. The van der Waals surface area contributed by atoms with Crippen molar-refractivity contribution >= 4 is 6.09 Å².